The molecule has 3 aromatic rings. The van der Waals surface area contributed by atoms with E-state index in [-0.39, 0.29) is 17.5 Å². The second kappa shape index (κ2) is 7.78. The fourth-order valence-corrected chi connectivity index (χ4v) is 2.79. The van der Waals surface area contributed by atoms with E-state index in [9.17, 15) is 29.2 Å². The molecule has 0 bridgehead atoms. The zero-order valence-corrected chi connectivity index (χ0v) is 14.3. The number of carbonyl (C=O) groups is 2. The van der Waals surface area contributed by atoms with E-state index >= 15 is 0 Å². The summed E-state index contributed by atoms with van der Waals surface area (Å²) >= 11 is 0. The van der Waals surface area contributed by atoms with Crippen molar-refractivity contribution in [3.8, 4) is 0 Å². The Morgan fingerprint density at radius 1 is 1.21 bits per heavy atom. The quantitative estimate of drug-likeness (QED) is 0.498. The lowest BCUT2D eigenvalue weighted by Gasteiger charge is -2.15. The lowest BCUT2D eigenvalue weighted by atomic mass is 10.0. The highest BCUT2D eigenvalue weighted by atomic mass is 19.1. The van der Waals surface area contributed by atoms with Gasteiger partial charge >= 0.3 is 11.7 Å². The Hall–Kier alpha value is -3.88. The average molecular weight is 383 g/mol. The minimum absolute atomic E-state index is 0.209. The van der Waals surface area contributed by atoms with E-state index in [2.05, 4.69) is 10.3 Å². The van der Waals surface area contributed by atoms with Gasteiger partial charge in [0.2, 0.25) is 5.82 Å². The Labute approximate surface area is 157 Å². The first-order valence-electron chi connectivity index (χ1n) is 8.17. The molecule has 3 rings (SSSR count). The molecule has 0 saturated carbocycles. The predicted octanol–water partition coefficient (Wildman–Crippen LogP) is 2.71. The second-order valence-electron chi connectivity index (χ2n) is 5.99. The Bertz CT molecular complexity index is 1080. The van der Waals surface area contributed by atoms with Crippen LogP contribution in [-0.2, 0) is 11.2 Å². The molecule has 1 aromatic heterocycles. The highest BCUT2D eigenvalue weighted by Gasteiger charge is 2.24. The molecule has 2 N–H and O–H groups in total. The van der Waals surface area contributed by atoms with Crippen molar-refractivity contribution in [1.82, 2.24) is 10.3 Å². The summed E-state index contributed by atoms with van der Waals surface area (Å²) in [5.74, 6) is -2.96. The third-order valence-electron chi connectivity index (χ3n) is 4.14. The molecule has 0 fully saturated rings. The molecule has 0 aliphatic carbocycles. The maximum Gasteiger partial charge on any atom is 0.326 e. The SMILES string of the molecule is O=C(N[C@H](Cc1ccc(F)c([N+](=O)[O-])c1)C(=O)O)c1ccnc2ccccc12. The number of carboxylic acids is 1. The van der Waals surface area contributed by atoms with Gasteiger partial charge in [-0.15, -0.1) is 0 Å². The van der Waals surface area contributed by atoms with E-state index in [1.165, 1.54) is 18.3 Å². The van der Waals surface area contributed by atoms with Gasteiger partial charge in [-0.2, -0.15) is 4.39 Å². The normalized spacial score (nSPS) is 11.8. The Morgan fingerprint density at radius 3 is 2.68 bits per heavy atom. The summed E-state index contributed by atoms with van der Waals surface area (Å²) in [7, 11) is 0. The average Bonchev–Trinajstić information content (AvgIpc) is 2.68. The third-order valence-corrected chi connectivity index (χ3v) is 4.14. The number of carboxylic acid groups (broad SMARTS) is 1. The van der Waals surface area contributed by atoms with Crippen molar-refractivity contribution in [2.75, 3.05) is 0 Å². The standard InChI is InChI=1S/C19H14FN3O5/c20-14-6-5-11(10-17(14)23(27)28)9-16(19(25)26)22-18(24)13-7-8-21-15-4-2-1-3-12(13)15/h1-8,10,16H,9H2,(H,22,24)(H,25,26)/t16-/m1/s1. The Morgan fingerprint density at radius 2 is 1.96 bits per heavy atom. The fourth-order valence-electron chi connectivity index (χ4n) is 2.79. The van der Waals surface area contributed by atoms with Crippen LogP contribution in [0.4, 0.5) is 10.1 Å². The molecule has 1 heterocycles. The van der Waals surface area contributed by atoms with Crippen LogP contribution in [0.15, 0.2) is 54.7 Å². The summed E-state index contributed by atoms with van der Waals surface area (Å²) in [5.41, 5.74) is 0.284. The number of fused-ring (bicyclic) bond motifs is 1. The van der Waals surface area contributed by atoms with Crippen molar-refractivity contribution in [3.05, 3.63) is 81.8 Å². The number of aliphatic carboxylic acids is 1. The lowest BCUT2D eigenvalue weighted by Crippen LogP contribution is -2.42. The van der Waals surface area contributed by atoms with Gasteiger partial charge in [0.1, 0.15) is 6.04 Å². The third kappa shape index (κ3) is 3.93. The van der Waals surface area contributed by atoms with E-state index in [1.807, 2.05) is 0 Å². The van der Waals surface area contributed by atoms with Crippen LogP contribution in [0.3, 0.4) is 0 Å². The fraction of sp³-hybridized carbons (Fsp3) is 0.105. The summed E-state index contributed by atoms with van der Waals surface area (Å²) in [4.78, 5) is 38.3. The van der Waals surface area contributed by atoms with Gasteiger partial charge in [-0.05, 0) is 23.8 Å². The topological polar surface area (TPSA) is 122 Å². The number of aromatic nitrogens is 1. The number of benzene rings is 2. The van der Waals surface area contributed by atoms with Crippen molar-refractivity contribution in [1.29, 1.82) is 0 Å². The number of amides is 1. The number of nitro groups is 1. The zero-order valence-electron chi connectivity index (χ0n) is 14.3. The van der Waals surface area contributed by atoms with Crippen LogP contribution in [0.2, 0.25) is 0 Å². The number of carbonyl (C=O) groups excluding carboxylic acids is 1. The summed E-state index contributed by atoms with van der Waals surface area (Å²) in [6.07, 6.45) is 1.20. The first-order chi connectivity index (χ1) is 13.4. The van der Waals surface area contributed by atoms with Crippen molar-refractivity contribution in [2.24, 2.45) is 0 Å². The summed E-state index contributed by atoms with van der Waals surface area (Å²) in [6, 6.07) is 10.1. The zero-order chi connectivity index (χ0) is 20.3. The van der Waals surface area contributed by atoms with E-state index in [1.54, 1.807) is 24.3 Å². The van der Waals surface area contributed by atoms with Crippen LogP contribution < -0.4 is 5.32 Å². The molecule has 2 aromatic carbocycles. The van der Waals surface area contributed by atoms with Gasteiger partial charge in [-0.25, -0.2) is 4.79 Å². The van der Waals surface area contributed by atoms with Crippen LogP contribution in [0, 0.1) is 15.9 Å². The van der Waals surface area contributed by atoms with Gasteiger partial charge < -0.3 is 10.4 Å². The first kappa shape index (κ1) is 18.9. The molecule has 1 amide bonds. The number of hydrogen-bond acceptors (Lipinski definition) is 5. The summed E-state index contributed by atoms with van der Waals surface area (Å²) in [5, 5.41) is 23.3. The molecule has 28 heavy (non-hydrogen) atoms. The van der Waals surface area contributed by atoms with Crippen LogP contribution in [-0.4, -0.2) is 32.9 Å². The largest absolute Gasteiger partial charge is 0.480 e. The number of nitro benzene ring substituents is 1. The molecule has 9 heteroatoms. The summed E-state index contributed by atoms with van der Waals surface area (Å²) in [6.45, 7) is 0. The number of para-hydroxylation sites is 1. The maximum atomic E-state index is 13.5. The Balaban J connectivity index is 1.85. The molecule has 142 valence electrons. The molecule has 0 aliphatic rings. The molecule has 0 unspecified atom stereocenters. The van der Waals surface area contributed by atoms with E-state index in [4.69, 9.17) is 0 Å². The smallest absolute Gasteiger partial charge is 0.326 e. The van der Waals surface area contributed by atoms with Crippen LogP contribution in [0.25, 0.3) is 10.9 Å². The van der Waals surface area contributed by atoms with Gasteiger partial charge in [0.25, 0.3) is 5.91 Å². The van der Waals surface area contributed by atoms with Crippen molar-refractivity contribution in [3.63, 3.8) is 0 Å². The van der Waals surface area contributed by atoms with Crippen LogP contribution in [0.5, 0.6) is 0 Å². The van der Waals surface area contributed by atoms with Gasteiger partial charge in [-0.1, -0.05) is 24.3 Å². The maximum absolute atomic E-state index is 13.5. The van der Waals surface area contributed by atoms with Crippen molar-refractivity contribution >= 4 is 28.5 Å². The number of halogens is 1. The van der Waals surface area contributed by atoms with Gasteiger partial charge in [0.05, 0.1) is 16.0 Å². The first-order valence-corrected chi connectivity index (χ1v) is 8.17. The van der Waals surface area contributed by atoms with Crippen LogP contribution >= 0.6 is 0 Å². The minimum Gasteiger partial charge on any atom is -0.480 e. The van der Waals surface area contributed by atoms with Gasteiger partial charge in [-0.3, -0.25) is 19.9 Å². The molecule has 0 aliphatic heterocycles. The van der Waals surface area contributed by atoms with Gasteiger partial charge in [0, 0.05) is 24.1 Å². The van der Waals surface area contributed by atoms with Crippen molar-refractivity contribution in [2.45, 2.75) is 12.5 Å². The predicted molar refractivity (Wildman–Crippen MR) is 97.4 cm³/mol. The van der Waals surface area contributed by atoms with E-state index in [0.717, 1.165) is 12.1 Å². The molecule has 0 saturated heterocycles. The molecule has 1 atom stereocenters. The summed E-state index contributed by atoms with van der Waals surface area (Å²) < 4.78 is 13.5. The number of hydrogen-bond donors (Lipinski definition) is 2. The van der Waals surface area contributed by atoms with E-state index < -0.39 is 34.3 Å². The molecular weight excluding hydrogens is 369 g/mol. The monoisotopic (exact) mass is 383 g/mol. The van der Waals surface area contributed by atoms with Crippen LogP contribution in [0.1, 0.15) is 15.9 Å². The Kier molecular flexibility index (Phi) is 5.25. The minimum atomic E-state index is -1.36. The molecule has 0 spiro atoms. The lowest BCUT2D eigenvalue weighted by molar-refractivity contribution is -0.387. The number of nitrogens with zero attached hydrogens (tertiary/aromatic N) is 2. The number of rotatable bonds is 6. The molecular formula is C19H14FN3O5. The number of pyridine rings is 1. The van der Waals surface area contributed by atoms with Gasteiger partial charge in [0.15, 0.2) is 0 Å². The number of nitrogens with one attached hydrogen (secondary N) is 1. The second-order valence-corrected chi connectivity index (χ2v) is 5.99. The molecule has 0 radical (unpaired) electrons. The van der Waals surface area contributed by atoms with E-state index in [0.29, 0.717) is 10.9 Å². The molecule has 8 nitrogen and oxygen atoms in total. The van der Waals surface area contributed by atoms with Crippen molar-refractivity contribution < 1.29 is 24.0 Å². The highest BCUT2D eigenvalue weighted by molar-refractivity contribution is 6.06. The highest BCUT2D eigenvalue weighted by Crippen LogP contribution is 2.20.